The number of non-ortho nitro benzene ring substituents is 1. The van der Waals surface area contributed by atoms with Crippen molar-refractivity contribution in [2.24, 2.45) is 5.10 Å². The summed E-state index contributed by atoms with van der Waals surface area (Å²) in [6.45, 7) is 0.0900. The summed E-state index contributed by atoms with van der Waals surface area (Å²) < 4.78 is 16.1. The van der Waals surface area contributed by atoms with Crippen LogP contribution in [0, 0.1) is 10.1 Å². The number of nitrogens with one attached hydrogen (secondary N) is 2. The molecule has 12 nitrogen and oxygen atoms in total. The molecule has 4 aromatic rings. The second-order valence-electron chi connectivity index (χ2n) is 8.96. The van der Waals surface area contributed by atoms with Crippen molar-refractivity contribution in [1.29, 1.82) is 0 Å². The highest BCUT2D eigenvalue weighted by atomic mass is 16.7. The van der Waals surface area contributed by atoms with Crippen molar-refractivity contribution in [3.05, 3.63) is 135 Å². The summed E-state index contributed by atoms with van der Waals surface area (Å²) in [5.74, 6) is -0.619. The van der Waals surface area contributed by atoms with Gasteiger partial charge in [0.2, 0.25) is 6.79 Å². The molecular weight excluding hydrogens is 556 g/mol. The molecule has 1 heterocycles. The number of amides is 2. The molecule has 0 bridgehead atoms. The van der Waals surface area contributed by atoms with Crippen LogP contribution in [-0.4, -0.2) is 35.7 Å². The molecule has 1 aliphatic rings. The fourth-order valence-corrected chi connectivity index (χ4v) is 3.88. The molecule has 0 aromatic heterocycles. The lowest BCUT2D eigenvalue weighted by atomic mass is 10.1. The maximum absolute atomic E-state index is 13.1. The molecular formula is C31H22N4O8. The first-order valence-electron chi connectivity index (χ1n) is 12.7. The molecule has 0 atom stereocenters. The monoisotopic (exact) mass is 578 g/mol. The summed E-state index contributed by atoms with van der Waals surface area (Å²) in [5, 5.41) is 17.4. The van der Waals surface area contributed by atoms with Gasteiger partial charge in [0.1, 0.15) is 11.4 Å². The van der Waals surface area contributed by atoms with Crippen molar-refractivity contribution >= 4 is 35.8 Å². The molecule has 2 N–H and O–H groups in total. The Labute approximate surface area is 244 Å². The molecule has 0 spiro atoms. The number of benzene rings is 4. The van der Waals surface area contributed by atoms with Crippen molar-refractivity contribution < 1.29 is 33.5 Å². The summed E-state index contributed by atoms with van der Waals surface area (Å²) >= 11 is 0. The molecule has 214 valence electrons. The minimum absolute atomic E-state index is 0.0735. The van der Waals surface area contributed by atoms with Gasteiger partial charge in [-0.25, -0.2) is 10.2 Å². The van der Waals surface area contributed by atoms with Crippen LogP contribution in [0.5, 0.6) is 17.2 Å². The third kappa shape index (κ3) is 7.27. The van der Waals surface area contributed by atoms with Gasteiger partial charge in [-0.05, 0) is 65.7 Å². The smallest absolute Gasteiger partial charge is 0.343 e. The molecule has 1 aliphatic heterocycles. The Bertz CT molecular complexity index is 1750. The van der Waals surface area contributed by atoms with Gasteiger partial charge in [-0.3, -0.25) is 19.7 Å². The van der Waals surface area contributed by atoms with Gasteiger partial charge in [0, 0.05) is 17.7 Å². The Hall–Kier alpha value is -6.30. The van der Waals surface area contributed by atoms with Gasteiger partial charge < -0.3 is 19.5 Å². The quantitative estimate of drug-likeness (QED) is 0.0736. The second-order valence-corrected chi connectivity index (χ2v) is 8.96. The Kier molecular flexibility index (Phi) is 8.48. The molecule has 4 aromatic carbocycles. The normalized spacial score (nSPS) is 12.0. The van der Waals surface area contributed by atoms with Crippen LogP contribution in [0.3, 0.4) is 0 Å². The van der Waals surface area contributed by atoms with Crippen LogP contribution in [0.15, 0.2) is 108 Å². The van der Waals surface area contributed by atoms with Crippen LogP contribution in [-0.2, 0) is 4.79 Å². The Morgan fingerprint density at radius 3 is 2.37 bits per heavy atom. The minimum Gasteiger partial charge on any atom is -0.454 e. The van der Waals surface area contributed by atoms with Crippen LogP contribution < -0.4 is 25.0 Å². The standard InChI is InChI=1S/C31H22N4O8/c36-29(22-6-2-1-3-7-22)33-26(16-20-9-14-27-28(17-20)42-19-41-27)30(37)34-32-18-21-5-4-8-25(15-21)43-31(38)23-10-12-24(13-11-23)35(39)40/h1-18H,19H2,(H,33,36)(H,34,37)/b26-16-,32-18+. The molecule has 2 amide bonds. The van der Waals surface area contributed by atoms with E-state index in [-0.39, 0.29) is 29.5 Å². The SMILES string of the molecule is O=C(N/N=C/c1cccc(OC(=O)c2ccc([N+](=O)[O-])cc2)c1)/C(=C/c1ccc2c(c1)OCO2)NC(=O)c1ccccc1. The number of carbonyl (C=O) groups is 3. The highest BCUT2D eigenvalue weighted by Crippen LogP contribution is 2.33. The second kappa shape index (κ2) is 12.9. The number of hydrazone groups is 1. The Morgan fingerprint density at radius 2 is 1.60 bits per heavy atom. The third-order valence-electron chi connectivity index (χ3n) is 6.00. The van der Waals surface area contributed by atoms with E-state index in [1.54, 1.807) is 66.7 Å². The lowest BCUT2D eigenvalue weighted by Crippen LogP contribution is -2.32. The fourth-order valence-electron chi connectivity index (χ4n) is 3.88. The number of carbonyl (C=O) groups excluding carboxylic acids is 3. The van der Waals surface area contributed by atoms with Crippen LogP contribution >= 0.6 is 0 Å². The number of nitro groups is 1. The van der Waals surface area contributed by atoms with Gasteiger partial charge in [-0.15, -0.1) is 0 Å². The molecule has 12 heteroatoms. The number of esters is 1. The zero-order valence-electron chi connectivity index (χ0n) is 22.3. The van der Waals surface area contributed by atoms with E-state index in [1.165, 1.54) is 42.6 Å². The average Bonchev–Trinajstić information content (AvgIpc) is 3.49. The number of nitrogens with zero attached hydrogens (tertiary/aromatic N) is 2. The summed E-state index contributed by atoms with van der Waals surface area (Å²) in [6, 6.07) is 24.9. The van der Waals surface area contributed by atoms with Gasteiger partial charge in [0.25, 0.3) is 17.5 Å². The van der Waals surface area contributed by atoms with Crippen LogP contribution in [0.25, 0.3) is 6.08 Å². The van der Waals surface area contributed by atoms with Crippen molar-refractivity contribution in [3.8, 4) is 17.2 Å². The van der Waals surface area contributed by atoms with E-state index in [9.17, 15) is 24.5 Å². The first kappa shape index (κ1) is 28.2. The molecule has 0 radical (unpaired) electrons. The number of fused-ring (bicyclic) bond motifs is 1. The number of hydrogen-bond donors (Lipinski definition) is 2. The third-order valence-corrected chi connectivity index (χ3v) is 6.00. The largest absolute Gasteiger partial charge is 0.454 e. The predicted octanol–water partition coefficient (Wildman–Crippen LogP) is 4.46. The van der Waals surface area contributed by atoms with Crippen LogP contribution in [0.2, 0.25) is 0 Å². The van der Waals surface area contributed by atoms with Gasteiger partial charge in [0.15, 0.2) is 11.5 Å². The molecule has 43 heavy (non-hydrogen) atoms. The van der Waals surface area contributed by atoms with Crippen molar-refractivity contribution in [2.45, 2.75) is 0 Å². The Morgan fingerprint density at radius 1 is 0.837 bits per heavy atom. The summed E-state index contributed by atoms with van der Waals surface area (Å²) in [7, 11) is 0. The van der Waals surface area contributed by atoms with Crippen LogP contribution in [0.1, 0.15) is 31.8 Å². The number of nitro benzene ring substituents is 1. The van der Waals surface area contributed by atoms with E-state index in [4.69, 9.17) is 14.2 Å². The summed E-state index contributed by atoms with van der Waals surface area (Å²) in [6.07, 6.45) is 2.81. The minimum atomic E-state index is -0.704. The first-order valence-corrected chi connectivity index (χ1v) is 12.7. The van der Waals surface area contributed by atoms with Crippen molar-refractivity contribution in [3.63, 3.8) is 0 Å². The summed E-state index contributed by atoms with van der Waals surface area (Å²) in [4.78, 5) is 48.6. The predicted molar refractivity (Wildman–Crippen MR) is 155 cm³/mol. The van der Waals surface area contributed by atoms with Crippen molar-refractivity contribution in [2.75, 3.05) is 6.79 Å². The van der Waals surface area contributed by atoms with E-state index < -0.39 is 22.7 Å². The molecule has 0 saturated carbocycles. The maximum atomic E-state index is 13.1. The molecule has 0 fully saturated rings. The van der Waals surface area contributed by atoms with E-state index in [0.717, 1.165) is 0 Å². The maximum Gasteiger partial charge on any atom is 0.343 e. The highest BCUT2D eigenvalue weighted by Gasteiger charge is 2.17. The van der Waals surface area contributed by atoms with Gasteiger partial charge >= 0.3 is 5.97 Å². The van der Waals surface area contributed by atoms with Crippen LogP contribution in [0.4, 0.5) is 5.69 Å². The van der Waals surface area contributed by atoms with E-state index in [2.05, 4.69) is 15.8 Å². The molecule has 5 rings (SSSR count). The van der Waals surface area contributed by atoms with E-state index in [0.29, 0.717) is 28.2 Å². The van der Waals surface area contributed by atoms with Crippen molar-refractivity contribution in [1.82, 2.24) is 10.7 Å². The molecule has 0 aliphatic carbocycles. The lowest BCUT2D eigenvalue weighted by molar-refractivity contribution is -0.384. The van der Waals surface area contributed by atoms with E-state index >= 15 is 0 Å². The fraction of sp³-hybridized carbons (Fsp3) is 0.0323. The topological polar surface area (TPSA) is 158 Å². The lowest BCUT2D eigenvalue weighted by Gasteiger charge is -2.09. The Balaban J connectivity index is 1.28. The zero-order valence-corrected chi connectivity index (χ0v) is 22.3. The van der Waals surface area contributed by atoms with Gasteiger partial charge in [-0.2, -0.15) is 5.10 Å². The summed E-state index contributed by atoms with van der Waals surface area (Å²) in [5.41, 5.74) is 3.73. The molecule has 0 unspecified atom stereocenters. The zero-order chi connectivity index (χ0) is 30.2. The molecule has 0 saturated heterocycles. The van der Waals surface area contributed by atoms with Gasteiger partial charge in [0.05, 0.1) is 16.7 Å². The first-order chi connectivity index (χ1) is 20.9. The number of hydrogen-bond acceptors (Lipinski definition) is 9. The highest BCUT2D eigenvalue weighted by molar-refractivity contribution is 6.05. The average molecular weight is 579 g/mol. The van der Waals surface area contributed by atoms with Gasteiger partial charge in [-0.1, -0.05) is 36.4 Å². The van der Waals surface area contributed by atoms with E-state index in [1.807, 2.05) is 0 Å². The number of rotatable bonds is 9. The number of ether oxygens (including phenoxy) is 3.